The van der Waals surface area contributed by atoms with E-state index in [4.69, 9.17) is 9.47 Å². The van der Waals surface area contributed by atoms with E-state index in [1.807, 2.05) is 0 Å². The van der Waals surface area contributed by atoms with Crippen molar-refractivity contribution in [2.45, 2.75) is 97.3 Å². The maximum Gasteiger partial charge on any atom is 0.305 e. The number of ether oxygens (including phenoxy) is 2. The topological polar surface area (TPSA) is 52.6 Å². The molecule has 0 fully saturated rings. The quantitative estimate of drug-likeness (QED) is 0.289. The van der Waals surface area contributed by atoms with E-state index in [0.29, 0.717) is 26.1 Å². The normalized spacial score (nSPS) is 10.5. The van der Waals surface area contributed by atoms with Gasteiger partial charge >= 0.3 is 11.9 Å². The first-order chi connectivity index (χ1) is 11.2. The number of hydrogen-bond donors (Lipinski definition) is 0. The zero-order chi connectivity index (χ0) is 17.2. The van der Waals surface area contributed by atoms with Crippen molar-refractivity contribution in [1.82, 2.24) is 0 Å². The van der Waals surface area contributed by atoms with Crippen LogP contribution in [0, 0.1) is 0 Å². The molecule has 0 aromatic heterocycles. The van der Waals surface area contributed by atoms with E-state index in [1.54, 1.807) is 0 Å². The predicted molar refractivity (Wildman–Crippen MR) is 93.3 cm³/mol. The summed E-state index contributed by atoms with van der Waals surface area (Å²) >= 11 is 0. The Morgan fingerprint density at radius 3 is 1.48 bits per heavy atom. The molecule has 0 N–H and O–H groups in total. The molecule has 0 aliphatic rings. The Bertz CT molecular complexity index is 289. The summed E-state index contributed by atoms with van der Waals surface area (Å²) in [5.41, 5.74) is 0. The van der Waals surface area contributed by atoms with Crippen LogP contribution in [0.3, 0.4) is 0 Å². The van der Waals surface area contributed by atoms with Crippen molar-refractivity contribution in [2.24, 2.45) is 0 Å². The lowest BCUT2D eigenvalue weighted by Gasteiger charge is -2.05. The molecular formula is C19H36O4. The number of esters is 2. The highest BCUT2D eigenvalue weighted by Crippen LogP contribution is 2.10. The second-order valence-corrected chi connectivity index (χ2v) is 6.12. The van der Waals surface area contributed by atoms with Gasteiger partial charge in [0.1, 0.15) is 0 Å². The molecule has 0 rings (SSSR count). The van der Waals surface area contributed by atoms with Gasteiger partial charge in [-0.2, -0.15) is 0 Å². The fourth-order valence-electron chi connectivity index (χ4n) is 2.26. The molecule has 0 atom stereocenters. The minimum absolute atomic E-state index is 0.0593. The Kier molecular flexibility index (Phi) is 16.5. The minimum Gasteiger partial charge on any atom is -0.466 e. The summed E-state index contributed by atoms with van der Waals surface area (Å²) in [6, 6.07) is 0. The fourth-order valence-corrected chi connectivity index (χ4v) is 2.26. The summed E-state index contributed by atoms with van der Waals surface area (Å²) in [5, 5.41) is 0. The van der Waals surface area contributed by atoms with Gasteiger partial charge in [-0.05, 0) is 25.7 Å². The van der Waals surface area contributed by atoms with Gasteiger partial charge in [0, 0.05) is 12.8 Å². The van der Waals surface area contributed by atoms with Crippen LogP contribution in [0.5, 0.6) is 0 Å². The van der Waals surface area contributed by atoms with Crippen LogP contribution < -0.4 is 0 Å². The third-order valence-corrected chi connectivity index (χ3v) is 3.78. The van der Waals surface area contributed by atoms with Gasteiger partial charge in [0.05, 0.1) is 13.2 Å². The maximum atomic E-state index is 11.5. The largest absolute Gasteiger partial charge is 0.466 e. The average molecular weight is 328 g/mol. The van der Waals surface area contributed by atoms with Crippen molar-refractivity contribution < 1.29 is 19.1 Å². The molecule has 136 valence electrons. The van der Waals surface area contributed by atoms with Gasteiger partial charge in [0.2, 0.25) is 0 Å². The van der Waals surface area contributed by atoms with E-state index in [-0.39, 0.29) is 11.9 Å². The highest BCUT2D eigenvalue weighted by atomic mass is 16.5. The molecule has 0 amide bonds. The van der Waals surface area contributed by atoms with Crippen LogP contribution in [0.1, 0.15) is 97.3 Å². The minimum atomic E-state index is -0.0655. The zero-order valence-corrected chi connectivity index (χ0v) is 15.2. The van der Waals surface area contributed by atoms with Crippen molar-refractivity contribution in [3.63, 3.8) is 0 Å². The molecule has 4 nitrogen and oxygen atoms in total. The smallest absolute Gasteiger partial charge is 0.305 e. The first kappa shape index (κ1) is 21.9. The van der Waals surface area contributed by atoms with Gasteiger partial charge in [0.15, 0.2) is 0 Å². The summed E-state index contributed by atoms with van der Waals surface area (Å²) in [6.45, 7) is 5.35. The van der Waals surface area contributed by atoms with Crippen molar-refractivity contribution in [3.05, 3.63) is 0 Å². The Morgan fingerprint density at radius 2 is 1.00 bits per heavy atom. The predicted octanol–water partition coefficient (Wildman–Crippen LogP) is 5.18. The van der Waals surface area contributed by atoms with Crippen LogP contribution in [0.2, 0.25) is 0 Å². The summed E-state index contributed by atoms with van der Waals surface area (Å²) < 4.78 is 10.3. The Hall–Kier alpha value is -1.06. The molecule has 0 saturated carbocycles. The molecule has 0 aromatic carbocycles. The lowest BCUT2D eigenvalue weighted by Crippen LogP contribution is -2.05. The monoisotopic (exact) mass is 328 g/mol. The zero-order valence-electron chi connectivity index (χ0n) is 15.2. The van der Waals surface area contributed by atoms with E-state index in [9.17, 15) is 9.59 Å². The molecule has 4 heteroatoms. The molecule has 0 saturated heterocycles. The van der Waals surface area contributed by atoms with E-state index >= 15 is 0 Å². The number of carbonyl (C=O) groups excluding carboxylic acids is 2. The van der Waals surface area contributed by atoms with Crippen molar-refractivity contribution in [3.8, 4) is 0 Å². The second-order valence-electron chi connectivity index (χ2n) is 6.12. The third-order valence-electron chi connectivity index (χ3n) is 3.78. The fraction of sp³-hybridized carbons (Fsp3) is 0.895. The van der Waals surface area contributed by atoms with Crippen molar-refractivity contribution in [1.29, 1.82) is 0 Å². The van der Waals surface area contributed by atoms with Crippen LogP contribution in [0.25, 0.3) is 0 Å². The Morgan fingerprint density at radius 1 is 0.565 bits per heavy atom. The van der Waals surface area contributed by atoms with Crippen molar-refractivity contribution in [2.75, 3.05) is 13.2 Å². The molecule has 0 radical (unpaired) electrons. The highest BCUT2D eigenvalue weighted by molar-refractivity contribution is 5.69. The number of rotatable bonds is 16. The standard InChI is InChI=1S/C19H36O4/c1-3-5-13-17-23-19(21)15-12-10-8-7-9-11-14-18(20)22-16-6-4-2/h3-17H2,1-2H3. The average Bonchev–Trinajstić information content (AvgIpc) is 2.54. The molecule has 0 bridgehead atoms. The van der Waals surface area contributed by atoms with Gasteiger partial charge in [-0.1, -0.05) is 58.8 Å². The molecule has 0 aliphatic carbocycles. The van der Waals surface area contributed by atoms with Gasteiger partial charge in [0.25, 0.3) is 0 Å². The van der Waals surface area contributed by atoms with Gasteiger partial charge in [-0.25, -0.2) is 0 Å². The Balaban J connectivity index is 3.23. The van der Waals surface area contributed by atoms with Crippen LogP contribution in [0.4, 0.5) is 0 Å². The highest BCUT2D eigenvalue weighted by Gasteiger charge is 2.03. The van der Waals surface area contributed by atoms with Crippen LogP contribution in [-0.4, -0.2) is 25.2 Å². The molecule has 0 spiro atoms. The van der Waals surface area contributed by atoms with Gasteiger partial charge in [-0.15, -0.1) is 0 Å². The third kappa shape index (κ3) is 17.1. The maximum absolute atomic E-state index is 11.5. The van der Waals surface area contributed by atoms with Crippen LogP contribution >= 0.6 is 0 Å². The van der Waals surface area contributed by atoms with E-state index < -0.39 is 0 Å². The van der Waals surface area contributed by atoms with Crippen LogP contribution in [0.15, 0.2) is 0 Å². The van der Waals surface area contributed by atoms with E-state index in [2.05, 4.69) is 13.8 Å². The lowest BCUT2D eigenvalue weighted by molar-refractivity contribution is -0.144. The Labute approximate surface area is 142 Å². The first-order valence-corrected chi connectivity index (χ1v) is 9.52. The first-order valence-electron chi connectivity index (χ1n) is 9.52. The summed E-state index contributed by atoms with van der Waals surface area (Å²) in [5.74, 6) is -0.125. The van der Waals surface area contributed by atoms with Gasteiger partial charge < -0.3 is 9.47 Å². The lowest BCUT2D eigenvalue weighted by atomic mass is 10.1. The number of unbranched alkanes of at least 4 members (excludes halogenated alkanes) is 8. The van der Waals surface area contributed by atoms with Gasteiger partial charge in [-0.3, -0.25) is 9.59 Å². The summed E-state index contributed by atoms with van der Waals surface area (Å²) in [4.78, 5) is 22.8. The number of hydrogen-bond acceptors (Lipinski definition) is 4. The van der Waals surface area contributed by atoms with E-state index in [1.165, 1.54) is 0 Å². The molecule has 0 aromatic rings. The second kappa shape index (κ2) is 17.3. The molecule has 0 aliphatic heterocycles. The van der Waals surface area contributed by atoms with E-state index in [0.717, 1.165) is 70.6 Å². The van der Waals surface area contributed by atoms with Crippen LogP contribution in [-0.2, 0) is 19.1 Å². The molecule has 0 unspecified atom stereocenters. The molecule has 23 heavy (non-hydrogen) atoms. The molecular weight excluding hydrogens is 292 g/mol. The summed E-state index contributed by atoms with van der Waals surface area (Å²) in [6.07, 6.45) is 12.5. The van der Waals surface area contributed by atoms with Crippen molar-refractivity contribution >= 4 is 11.9 Å². The summed E-state index contributed by atoms with van der Waals surface area (Å²) in [7, 11) is 0. The molecule has 0 heterocycles. The number of carbonyl (C=O) groups is 2. The SMILES string of the molecule is CCCCCOC(=O)CCCCCCCCC(=O)OCCCC.